The maximum Gasteiger partial charge on any atom is 0.259 e. The van der Waals surface area contributed by atoms with Crippen LogP contribution in [0.5, 0.6) is 0 Å². The van der Waals surface area contributed by atoms with Crippen LogP contribution in [-0.2, 0) is 0 Å². The Balaban J connectivity index is 1.90. The lowest BCUT2D eigenvalue weighted by Crippen LogP contribution is -2.14. The van der Waals surface area contributed by atoms with E-state index in [1.807, 2.05) is 25.1 Å². The molecule has 0 saturated carbocycles. The van der Waals surface area contributed by atoms with Gasteiger partial charge in [-0.25, -0.2) is 4.98 Å². The molecule has 6 heteroatoms. The van der Waals surface area contributed by atoms with Gasteiger partial charge in [-0.2, -0.15) is 0 Å². The third kappa shape index (κ3) is 2.84. The molecule has 4 nitrogen and oxygen atoms in total. The van der Waals surface area contributed by atoms with Gasteiger partial charge in [0.05, 0.1) is 15.8 Å². The summed E-state index contributed by atoms with van der Waals surface area (Å²) in [7, 11) is 0. The lowest BCUT2D eigenvalue weighted by atomic mass is 10.1. The van der Waals surface area contributed by atoms with Crippen LogP contribution in [0.3, 0.4) is 0 Å². The Morgan fingerprint density at radius 2 is 2.10 bits per heavy atom. The van der Waals surface area contributed by atoms with Gasteiger partial charge in [-0.1, -0.05) is 34.6 Å². The van der Waals surface area contributed by atoms with Crippen molar-refractivity contribution in [3.8, 4) is 0 Å². The first-order chi connectivity index (χ1) is 10.0. The van der Waals surface area contributed by atoms with Crippen molar-refractivity contribution < 1.29 is 4.79 Å². The molecule has 0 atom stereocenters. The third-order valence-corrected chi connectivity index (χ3v) is 4.19. The number of fused-ring (bicyclic) bond motifs is 1. The Morgan fingerprint density at radius 3 is 2.90 bits per heavy atom. The number of rotatable bonds is 2. The normalized spacial score (nSPS) is 10.8. The van der Waals surface area contributed by atoms with Crippen molar-refractivity contribution in [3.05, 3.63) is 52.5 Å². The van der Waals surface area contributed by atoms with E-state index in [2.05, 4.69) is 10.3 Å². The van der Waals surface area contributed by atoms with Crippen molar-refractivity contribution in [1.82, 2.24) is 4.98 Å². The monoisotopic (exact) mass is 317 g/mol. The summed E-state index contributed by atoms with van der Waals surface area (Å²) in [6, 6.07) is 10.8. The van der Waals surface area contributed by atoms with Crippen LogP contribution in [0.25, 0.3) is 10.2 Å². The number of anilines is 2. The number of thiazole rings is 1. The highest BCUT2D eigenvalue weighted by molar-refractivity contribution is 7.22. The maximum absolute atomic E-state index is 12.3. The zero-order valence-corrected chi connectivity index (χ0v) is 12.8. The van der Waals surface area contributed by atoms with Crippen molar-refractivity contribution in [2.75, 3.05) is 11.1 Å². The van der Waals surface area contributed by atoms with Crippen molar-refractivity contribution in [1.29, 1.82) is 0 Å². The molecule has 0 fully saturated rings. The predicted molar refractivity (Wildman–Crippen MR) is 88.2 cm³/mol. The molecule has 2 aromatic carbocycles. The smallest absolute Gasteiger partial charge is 0.259 e. The minimum absolute atomic E-state index is 0.263. The highest BCUT2D eigenvalue weighted by atomic mass is 35.5. The van der Waals surface area contributed by atoms with Crippen molar-refractivity contribution in [3.63, 3.8) is 0 Å². The van der Waals surface area contributed by atoms with Crippen LogP contribution in [0, 0.1) is 6.92 Å². The fourth-order valence-corrected chi connectivity index (χ4v) is 3.12. The quantitative estimate of drug-likeness (QED) is 0.699. The fourth-order valence-electron chi connectivity index (χ4n) is 1.98. The molecule has 0 aliphatic rings. The third-order valence-electron chi connectivity index (χ3n) is 3.02. The summed E-state index contributed by atoms with van der Waals surface area (Å²) in [4.78, 5) is 16.6. The number of carbonyl (C=O) groups excluding carboxylic acids is 1. The average Bonchev–Trinajstić information content (AvgIpc) is 2.82. The predicted octanol–water partition coefficient (Wildman–Crippen LogP) is 4.09. The summed E-state index contributed by atoms with van der Waals surface area (Å²) in [5.74, 6) is -0.263. The minimum atomic E-state index is -0.263. The van der Waals surface area contributed by atoms with Crippen molar-refractivity contribution >= 4 is 49.9 Å². The highest BCUT2D eigenvalue weighted by Crippen LogP contribution is 2.28. The SMILES string of the molecule is Cc1ccc(N)c(C(=O)Nc2nc3ccc(Cl)cc3s2)c1. The van der Waals surface area contributed by atoms with E-state index in [4.69, 9.17) is 17.3 Å². The summed E-state index contributed by atoms with van der Waals surface area (Å²) < 4.78 is 0.926. The second-order valence-electron chi connectivity index (χ2n) is 4.68. The molecule has 106 valence electrons. The number of benzene rings is 2. The Hall–Kier alpha value is -2.11. The Kier molecular flexibility index (Phi) is 3.53. The number of nitrogens with two attached hydrogens (primary N) is 1. The molecule has 21 heavy (non-hydrogen) atoms. The molecule has 0 radical (unpaired) electrons. The van der Waals surface area contributed by atoms with Crippen LogP contribution in [-0.4, -0.2) is 10.9 Å². The number of nitrogen functional groups attached to an aromatic ring is 1. The van der Waals surface area contributed by atoms with E-state index < -0.39 is 0 Å². The minimum Gasteiger partial charge on any atom is -0.398 e. The Labute approximate surface area is 130 Å². The summed E-state index contributed by atoms with van der Waals surface area (Å²) in [5, 5.41) is 3.95. The van der Waals surface area contributed by atoms with Crippen LogP contribution < -0.4 is 11.1 Å². The summed E-state index contributed by atoms with van der Waals surface area (Å²) in [5.41, 5.74) is 8.52. The molecule has 3 aromatic rings. The van der Waals surface area contributed by atoms with Gasteiger partial charge in [0.2, 0.25) is 0 Å². The molecule has 0 spiro atoms. The number of amides is 1. The van der Waals surface area contributed by atoms with Gasteiger partial charge in [0, 0.05) is 10.7 Å². The molecule has 3 N–H and O–H groups in total. The van der Waals surface area contributed by atoms with Gasteiger partial charge in [-0.3, -0.25) is 10.1 Å². The average molecular weight is 318 g/mol. The van der Waals surface area contributed by atoms with Gasteiger partial charge < -0.3 is 5.73 Å². The van der Waals surface area contributed by atoms with Crippen LogP contribution in [0.1, 0.15) is 15.9 Å². The molecule has 0 unspecified atom stereocenters. The molecule has 0 saturated heterocycles. The molecule has 1 amide bonds. The zero-order chi connectivity index (χ0) is 15.0. The highest BCUT2D eigenvalue weighted by Gasteiger charge is 2.13. The number of nitrogens with one attached hydrogen (secondary N) is 1. The molecule has 0 bridgehead atoms. The topological polar surface area (TPSA) is 68.0 Å². The van der Waals surface area contributed by atoms with E-state index in [1.54, 1.807) is 18.2 Å². The number of halogens is 1. The van der Waals surface area contributed by atoms with Gasteiger partial charge in [-0.05, 0) is 37.3 Å². The summed E-state index contributed by atoms with van der Waals surface area (Å²) in [6.07, 6.45) is 0. The van der Waals surface area contributed by atoms with Crippen molar-refractivity contribution in [2.24, 2.45) is 0 Å². The fraction of sp³-hybridized carbons (Fsp3) is 0.0667. The molecule has 1 heterocycles. The van der Waals surface area contributed by atoms with Crippen molar-refractivity contribution in [2.45, 2.75) is 6.92 Å². The van der Waals surface area contributed by atoms with E-state index >= 15 is 0 Å². The maximum atomic E-state index is 12.3. The summed E-state index contributed by atoms with van der Waals surface area (Å²) >= 11 is 7.32. The number of aromatic nitrogens is 1. The second-order valence-corrected chi connectivity index (χ2v) is 6.14. The van der Waals surface area contributed by atoms with E-state index in [9.17, 15) is 4.79 Å². The van der Waals surface area contributed by atoms with Gasteiger partial charge in [0.15, 0.2) is 5.13 Å². The van der Waals surface area contributed by atoms with Gasteiger partial charge in [-0.15, -0.1) is 0 Å². The van der Waals surface area contributed by atoms with Crippen LogP contribution in [0.2, 0.25) is 5.02 Å². The van der Waals surface area contributed by atoms with E-state index in [-0.39, 0.29) is 5.91 Å². The first kappa shape index (κ1) is 13.9. The van der Waals surface area contributed by atoms with Crippen LogP contribution >= 0.6 is 22.9 Å². The van der Waals surface area contributed by atoms with Gasteiger partial charge in [0.1, 0.15) is 0 Å². The number of hydrogen-bond donors (Lipinski definition) is 2. The van der Waals surface area contributed by atoms with Gasteiger partial charge in [0.25, 0.3) is 5.91 Å². The molecule has 0 aliphatic carbocycles. The standard InChI is InChI=1S/C15H12ClN3OS/c1-8-2-4-11(17)10(6-8)14(20)19-15-18-12-5-3-9(16)7-13(12)21-15/h2-7H,17H2,1H3,(H,18,19,20). The first-order valence-corrected chi connectivity index (χ1v) is 7.46. The largest absolute Gasteiger partial charge is 0.398 e. The number of hydrogen-bond acceptors (Lipinski definition) is 4. The Bertz CT molecular complexity index is 844. The van der Waals surface area contributed by atoms with E-state index in [0.717, 1.165) is 15.8 Å². The first-order valence-electron chi connectivity index (χ1n) is 6.26. The number of carbonyl (C=O) groups is 1. The molecular formula is C15H12ClN3OS. The lowest BCUT2D eigenvalue weighted by molar-refractivity contribution is 0.102. The zero-order valence-electron chi connectivity index (χ0n) is 11.2. The number of aryl methyl sites for hydroxylation is 1. The summed E-state index contributed by atoms with van der Waals surface area (Å²) in [6.45, 7) is 1.91. The molecule has 0 aliphatic heterocycles. The molecule has 1 aromatic heterocycles. The van der Waals surface area contributed by atoms with Crippen LogP contribution in [0.15, 0.2) is 36.4 Å². The van der Waals surface area contributed by atoms with E-state index in [1.165, 1.54) is 11.3 Å². The van der Waals surface area contributed by atoms with E-state index in [0.29, 0.717) is 21.4 Å². The second kappa shape index (κ2) is 5.35. The lowest BCUT2D eigenvalue weighted by Gasteiger charge is -2.06. The molecule has 3 rings (SSSR count). The molecular weight excluding hydrogens is 306 g/mol. The number of nitrogens with zero attached hydrogens (tertiary/aromatic N) is 1. The van der Waals surface area contributed by atoms with Crippen LogP contribution in [0.4, 0.5) is 10.8 Å². The van der Waals surface area contributed by atoms with Gasteiger partial charge >= 0.3 is 0 Å². The Morgan fingerprint density at radius 1 is 1.29 bits per heavy atom.